The van der Waals surface area contributed by atoms with Crippen LogP contribution in [0.1, 0.15) is 35.4 Å². The first-order valence-electron chi connectivity index (χ1n) is 5.92. The van der Waals surface area contributed by atoms with Gasteiger partial charge in [0, 0.05) is 12.4 Å². The third-order valence-electron chi connectivity index (χ3n) is 2.96. The highest BCUT2D eigenvalue weighted by Gasteiger charge is 2.19. The second kappa shape index (κ2) is 5.15. The molecule has 0 aliphatic rings. The molecule has 0 saturated carbocycles. The summed E-state index contributed by atoms with van der Waals surface area (Å²) in [5.74, 6) is 0.975. The lowest BCUT2D eigenvalue weighted by molar-refractivity contribution is 0.448. The minimum Gasteiger partial charge on any atom is -0.467 e. The first-order chi connectivity index (χ1) is 8.24. The molecule has 0 fully saturated rings. The summed E-state index contributed by atoms with van der Waals surface area (Å²) in [6.45, 7) is 7.14. The van der Waals surface area contributed by atoms with E-state index in [1.165, 1.54) is 16.7 Å². The van der Waals surface area contributed by atoms with Gasteiger partial charge >= 0.3 is 0 Å². The third kappa shape index (κ3) is 2.39. The predicted molar refractivity (Wildman–Crippen MR) is 67.9 cm³/mol. The van der Waals surface area contributed by atoms with Gasteiger partial charge in [-0.05, 0) is 49.2 Å². The van der Waals surface area contributed by atoms with Crippen LogP contribution >= 0.6 is 0 Å². The quantitative estimate of drug-likeness (QED) is 0.877. The molecule has 2 aromatic heterocycles. The van der Waals surface area contributed by atoms with Crippen LogP contribution in [0.3, 0.4) is 0 Å². The zero-order valence-corrected chi connectivity index (χ0v) is 10.5. The fourth-order valence-electron chi connectivity index (χ4n) is 2.01. The Kier molecular flexibility index (Phi) is 3.59. The number of pyridine rings is 1. The van der Waals surface area contributed by atoms with Gasteiger partial charge in [0.1, 0.15) is 5.76 Å². The summed E-state index contributed by atoms with van der Waals surface area (Å²) in [5.41, 5.74) is 3.56. The van der Waals surface area contributed by atoms with Gasteiger partial charge in [0.15, 0.2) is 0 Å². The van der Waals surface area contributed by atoms with Crippen LogP contribution in [0.15, 0.2) is 35.2 Å². The molecule has 2 rings (SSSR count). The van der Waals surface area contributed by atoms with Crippen LogP contribution in [-0.4, -0.2) is 11.5 Å². The molecule has 2 heterocycles. The van der Waals surface area contributed by atoms with E-state index in [1.807, 2.05) is 24.5 Å². The molecule has 17 heavy (non-hydrogen) atoms. The number of aromatic nitrogens is 1. The number of nitrogens with zero attached hydrogens (tertiary/aromatic N) is 1. The Hall–Kier alpha value is -1.61. The number of aryl methyl sites for hydroxylation is 2. The summed E-state index contributed by atoms with van der Waals surface area (Å²) in [5, 5.41) is 3.45. The Labute approximate surface area is 102 Å². The van der Waals surface area contributed by atoms with Crippen molar-refractivity contribution in [2.24, 2.45) is 0 Å². The summed E-state index contributed by atoms with van der Waals surface area (Å²) in [6, 6.07) is 4.10. The summed E-state index contributed by atoms with van der Waals surface area (Å²) in [6.07, 6.45) is 5.46. The normalized spacial score (nSPS) is 12.6. The molecule has 2 aromatic rings. The smallest absolute Gasteiger partial charge is 0.128 e. The SMILES string of the molecule is CCNC(c1cnccc1C)c1occc1C. The molecule has 3 heteroatoms. The minimum atomic E-state index is 0.0868. The van der Waals surface area contributed by atoms with E-state index in [2.05, 4.69) is 31.1 Å². The van der Waals surface area contributed by atoms with Crippen molar-refractivity contribution >= 4 is 0 Å². The van der Waals surface area contributed by atoms with Crippen molar-refractivity contribution in [3.63, 3.8) is 0 Å². The Morgan fingerprint density at radius 3 is 2.71 bits per heavy atom. The van der Waals surface area contributed by atoms with Gasteiger partial charge in [-0.3, -0.25) is 4.98 Å². The monoisotopic (exact) mass is 230 g/mol. The standard InChI is InChI=1S/C14H18N2O/c1-4-16-13(14-11(3)6-8-17-14)12-9-15-7-5-10(12)2/h5-9,13,16H,4H2,1-3H3. The van der Waals surface area contributed by atoms with Crippen LogP contribution in [-0.2, 0) is 0 Å². The molecule has 1 unspecified atom stereocenters. The second-order valence-electron chi connectivity index (χ2n) is 4.19. The molecular formula is C14H18N2O. The van der Waals surface area contributed by atoms with Crippen molar-refractivity contribution in [1.29, 1.82) is 0 Å². The highest BCUT2D eigenvalue weighted by Crippen LogP contribution is 2.27. The van der Waals surface area contributed by atoms with Crippen molar-refractivity contribution in [2.45, 2.75) is 26.8 Å². The summed E-state index contributed by atoms with van der Waals surface area (Å²) >= 11 is 0. The van der Waals surface area contributed by atoms with E-state index < -0.39 is 0 Å². The number of rotatable bonds is 4. The predicted octanol–water partition coefficient (Wildman–Crippen LogP) is 2.99. The summed E-state index contributed by atoms with van der Waals surface area (Å²) in [7, 11) is 0. The number of hydrogen-bond acceptors (Lipinski definition) is 3. The molecule has 1 N–H and O–H groups in total. The second-order valence-corrected chi connectivity index (χ2v) is 4.19. The highest BCUT2D eigenvalue weighted by molar-refractivity contribution is 5.33. The lowest BCUT2D eigenvalue weighted by Crippen LogP contribution is -2.23. The average molecular weight is 230 g/mol. The maximum absolute atomic E-state index is 5.60. The summed E-state index contributed by atoms with van der Waals surface area (Å²) in [4.78, 5) is 4.21. The average Bonchev–Trinajstić information content (AvgIpc) is 2.74. The fraction of sp³-hybridized carbons (Fsp3) is 0.357. The van der Waals surface area contributed by atoms with Crippen LogP contribution in [0, 0.1) is 13.8 Å². The molecule has 0 radical (unpaired) electrons. The van der Waals surface area contributed by atoms with Crippen LogP contribution < -0.4 is 5.32 Å². The lowest BCUT2D eigenvalue weighted by Gasteiger charge is -2.18. The van der Waals surface area contributed by atoms with Crippen LogP contribution in [0.2, 0.25) is 0 Å². The number of hydrogen-bond donors (Lipinski definition) is 1. The maximum Gasteiger partial charge on any atom is 0.128 e. The van der Waals surface area contributed by atoms with E-state index in [0.29, 0.717) is 0 Å². The van der Waals surface area contributed by atoms with Gasteiger partial charge in [0.05, 0.1) is 12.3 Å². The Morgan fingerprint density at radius 2 is 2.12 bits per heavy atom. The van der Waals surface area contributed by atoms with Gasteiger partial charge in [-0.15, -0.1) is 0 Å². The van der Waals surface area contributed by atoms with Gasteiger partial charge in [-0.25, -0.2) is 0 Å². The minimum absolute atomic E-state index is 0.0868. The lowest BCUT2D eigenvalue weighted by atomic mass is 10.00. The van der Waals surface area contributed by atoms with E-state index >= 15 is 0 Å². The fourth-order valence-corrected chi connectivity index (χ4v) is 2.01. The molecule has 0 saturated heterocycles. The van der Waals surface area contributed by atoms with Crippen molar-refractivity contribution in [3.05, 3.63) is 53.2 Å². The zero-order valence-electron chi connectivity index (χ0n) is 10.5. The van der Waals surface area contributed by atoms with Crippen LogP contribution in [0.25, 0.3) is 0 Å². The molecule has 0 amide bonds. The van der Waals surface area contributed by atoms with Crippen molar-refractivity contribution in [2.75, 3.05) is 6.54 Å². The van der Waals surface area contributed by atoms with Crippen molar-refractivity contribution < 1.29 is 4.42 Å². The van der Waals surface area contributed by atoms with Gasteiger partial charge in [-0.1, -0.05) is 6.92 Å². The van der Waals surface area contributed by atoms with Gasteiger partial charge in [-0.2, -0.15) is 0 Å². The number of furan rings is 1. The largest absolute Gasteiger partial charge is 0.467 e. The zero-order chi connectivity index (χ0) is 12.3. The van der Waals surface area contributed by atoms with E-state index in [-0.39, 0.29) is 6.04 Å². The van der Waals surface area contributed by atoms with E-state index in [0.717, 1.165) is 12.3 Å². The van der Waals surface area contributed by atoms with E-state index in [4.69, 9.17) is 4.42 Å². The highest BCUT2D eigenvalue weighted by atomic mass is 16.3. The molecule has 0 spiro atoms. The Bertz CT molecular complexity index is 490. The Balaban J connectivity index is 2.43. The molecular weight excluding hydrogens is 212 g/mol. The first-order valence-corrected chi connectivity index (χ1v) is 5.92. The van der Waals surface area contributed by atoms with Crippen molar-refractivity contribution in [3.8, 4) is 0 Å². The third-order valence-corrected chi connectivity index (χ3v) is 2.96. The molecule has 0 aliphatic carbocycles. The van der Waals surface area contributed by atoms with Gasteiger partial charge < -0.3 is 9.73 Å². The van der Waals surface area contributed by atoms with Crippen LogP contribution in [0.5, 0.6) is 0 Å². The molecule has 0 aromatic carbocycles. The first kappa shape index (κ1) is 11.9. The molecule has 1 atom stereocenters. The van der Waals surface area contributed by atoms with Gasteiger partial charge in [0.2, 0.25) is 0 Å². The molecule has 0 aliphatic heterocycles. The van der Waals surface area contributed by atoms with Crippen molar-refractivity contribution in [1.82, 2.24) is 10.3 Å². The van der Waals surface area contributed by atoms with E-state index in [9.17, 15) is 0 Å². The molecule has 0 bridgehead atoms. The van der Waals surface area contributed by atoms with Crippen LogP contribution in [0.4, 0.5) is 0 Å². The summed E-state index contributed by atoms with van der Waals surface area (Å²) < 4.78 is 5.60. The maximum atomic E-state index is 5.60. The van der Waals surface area contributed by atoms with E-state index in [1.54, 1.807) is 6.26 Å². The Morgan fingerprint density at radius 1 is 1.29 bits per heavy atom. The topological polar surface area (TPSA) is 38.1 Å². The molecule has 3 nitrogen and oxygen atoms in total. The van der Waals surface area contributed by atoms with Gasteiger partial charge in [0.25, 0.3) is 0 Å². The molecule has 90 valence electrons. The number of nitrogens with one attached hydrogen (secondary N) is 1.